The van der Waals surface area contributed by atoms with Crippen molar-refractivity contribution in [3.8, 4) is 16.6 Å². The van der Waals surface area contributed by atoms with Crippen LogP contribution >= 0.6 is 11.3 Å². The molecule has 20 nitrogen and oxygen atoms in total. The third-order valence-electron chi connectivity index (χ3n) is 12.6. The molecule has 0 unspecified atom stereocenters. The third-order valence-corrected chi connectivity index (χ3v) is 13.7. The van der Waals surface area contributed by atoms with E-state index in [0.717, 1.165) is 58.8 Å². The fraction of sp³-hybridized carbons (Fsp3) is 0.643. The van der Waals surface area contributed by atoms with E-state index in [1.165, 1.54) is 4.90 Å². The first-order valence-corrected chi connectivity index (χ1v) is 28.2. The topological polar surface area (TPSA) is 200 Å². The monoisotopic (exact) mass is 1090 g/mol. The Labute approximate surface area is 460 Å². The van der Waals surface area contributed by atoms with Crippen LogP contribution < -0.4 is 25.2 Å². The van der Waals surface area contributed by atoms with Gasteiger partial charge in [-0.05, 0) is 143 Å². The molecule has 0 spiro atoms. The number of amides is 4. The van der Waals surface area contributed by atoms with Gasteiger partial charge in [0.05, 0.1) is 16.8 Å². The predicted molar refractivity (Wildman–Crippen MR) is 304 cm³/mol. The molecule has 4 heterocycles. The first-order valence-electron chi connectivity index (χ1n) is 27.4. The fourth-order valence-corrected chi connectivity index (χ4v) is 9.64. The highest BCUT2D eigenvalue weighted by Crippen LogP contribution is 2.31. The number of rotatable bonds is 16. The minimum Gasteiger partial charge on any atom is -0.461 e. The summed E-state index contributed by atoms with van der Waals surface area (Å²) in [5, 5.41) is 7.50. The molecule has 1 atom stereocenters. The van der Waals surface area contributed by atoms with E-state index in [4.69, 9.17) is 38.9 Å². The lowest BCUT2D eigenvalue weighted by Crippen LogP contribution is -2.51. The number of carbonyl (C=O) groups excluding carboxylic acids is 4. The van der Waals surface area contributed by atoms with Crippen molar-refractivity contribution in [1.29, 1.82) is 0 Å². The molecule has 2 saturated heterocycles. The first kappa shape index (κ1) is 60.0. The number of nitrogens with one attached hydrogen (secondary N) is 2. The molecule has 21 heteroatoms. The first-order chi connectivity index (χ1) is 36.4. The number of piperidine rings is 1. The zero-order valence-corrected chi connectivity index (χ0v) is 48.7. The van der Waals surface area contributed by atoms with E-state index in [1.54, 1.807) is 41.9 Å². The van der Waals surface area contributed by atoms with Gasteiger partial charge in [-0.25, -0.2) is 19.4 Å². The standard InChI is InChI=1S/C56H86N12O8S/c1-40(2)39-44(59-48-60-49(65-27-16-13-17-28-65)62-50(61-48)73-38-37-63(12)42-23-21-41(22-24-42)47-58-43-19-14-15-20-45(43)77-47)46(69)57-25-18-26-64-29-31-66(51(70)74-54(3,4)5)33-35-68(53(72)76-56(9,10)11)36-34-67(32-30-64)52(71)75-55(6,7)8/h14-15,19-24,40,44H,13,16-18,25-39H2,1-12H3,(H,57,69)(H,59,60,61,62)/t44-/m1/s1. The lowest BCUT2D eigenvalue weighted by Gasteiger charge is -2.35. The quantitative estimate of drug-likeness (QED) is 0.0795. The second-order valence-corrected chi connectivity index (χ2v) is 24.3. The number of aromatic nitrogens is 4. The van der Waals surface area contributed by atoms with Crippen molar-refractivity contribution in [1.82, 2.24) is 44.9 Å². The van der Waals surface area contributed by atoms with E-state index in [9.17, 15) is 19.2 Å². The van der Waals surface area contributed by atoms with Gasteiger partial charge in [-0.3, -0.25) is 9.69 Å². The van der Waals surface area contributed by atoms with Crippen molar-refractivity contribution < 1.29 is 38.1 Å². The Balaban J connectivity index is 1.10. The molecule has 2 aromatic heterocycles. The Kier molecular flexibility index (Phi) is 21.3. The Bertz CT molecular complexity index is 2460. The van der Waals surface area contributed by atoms with Crippen molar-refractivity contribution in [2.45, 2.75) is 131 Å². The van der Waals surface area contributed by atoms with E-state index in [2.05, 4.69) is 69.5 Å². The van der Waals surface area contributed by atoms with Gasteiger partial charge < -0.3 is 54.1 Å². The lowest BCUT2D eigenvalue weighted by atomic mass is 10.0. The Hall–Kier alpha value is -6.22. The van der Waals surface area contributed by atoms with Crippen LogP contribution in [0.4, 0.5) is 32.0 Å². The molecular formula is C56H86N12O8S. The van der Waals surface area contributed by atoms with E-state index < -0.39 is 41.1 Å². The van der Waals surface area contributed by atoms with Crippen molar-refractivity contribution in [2.75, 3.05) is 114 Å². The summed E-state index contributed by atoms with van der Waals surface area (Å²) in [6.45, 7) is 26.0. The van der Waals surface area contributed by atoms with Gasteiger partial charge in [0.2, 0.25) is 17.8 Å². The summed E-state index contributed by atoms with van der Waals surface area (Å²) in [6, 6.07) is 16.1. The Morgan fingerprint density at radius 3 is 1.75 bits per heavy atom. The normalized spacial score (nSPS) is 16.1. The summed E-state index contributed by atoms with van der Waals surface area (Å²) < 4.78 is 24.8. The minimum absolute atomic E-state index is 0.160. The summed E-state index contributed by atoms with van der Waals surface area (Å²) in [5.41, 5.74) is 0.889. The van der Waals surface area contributed by atoms with Crippen molar-refractivity contribution >= 4 is 63.3 Å². The maximum absolute atomic E-state index is 14.1. The van der Waals surface area contributed by atoms with E-state index in [1.807, 2.05) is 66.8 Å². The van der Waals surface area contributed by atoms with Crippen LogP contribution in [0.1, 0.15) is 108 Å². The van der Waals surface area contributed by atoms with Crippen LogP contribution in [0.3, 0.4) is 0 Å². The smallest absolute Gasteiger partial charge is 0.410 e. The van der Waals surface area contributed by atoms with Crippen LogP contribution in [0.15, 0.2) is 48.5 Å². The zero-order chi connectivity index (χ0) is 55.9. The number of nitrogens with zero attached hydrogens (tertiary/aromatic N) is 10. The number of fused-ring (bicyclic) bond motifs is 1. The molecule has 2 aliphatic rings. The van der Waals surface area contributed by atoms with E-state index >= 15 is 0 Å². The molecule has 2 aromatic carbocycles. The summed E-state index contributed by atoms with van der Waals surface area (Å²) in [6.07, 6.45) is 2.78. The van der Waals surface area contributed by atoms with Gasteiger partial charge in [-0.2, -0.15) is 15.0 Å². The highest BCUT2D eigenvalue weighted by molar-refractivity contribution is 7.21. The van der Waals surface area contributed by atoms with Crippen molar-refractivity contribution in [3.05, 3.63) is 48.5 Å². The number of hydrogen-bond donors (Lipinski definition) is 2. The lowest BCUT2D eigenvalue weighted by molar-refractivity contribution is -0.122. The number of hydrogen-bond acceptors (Lipinski definition) is 17. The summed E-state index contributed by atoms with van der Waals surface area (Å²) >= 11 is 1.68. The van der Waals surface area contributed by atoms with Crippen molar-refractivity contribution in [3.63, 3.8) is 0 Å². The van der Waals surface area contributed by atoms with Crippen LogP contribution in [0.2, 0.25) is 0 Å². The number of thiazole rings is 1. The van der Waals surface area contributed by atoms with Crippen LogP contribution in [0, 0.1) is 5.92 Å². The number of ether oxygens (including phenoxy) is 4. The Morgan fingerprint density at radius 1 is 0.675 bits per heavy atom. The molecule has 6 rings (SSSR count). The van der Waals surface area contributed by atoms with Gasteiger partial charge in [-0.15, -0.1) is 11.3 Å². The van der Waals surface area contributed by atoms with E-state index in [0.29, 0.717) is 71.2 Å². The molecule has 2 aliphatic heterocycles. The Morgan fingerprint density at radius 2 is 1.22 bits per heavy atom. The summed E-state index contributed by atoms with van der Waals surface area (Å²) in [7, 11) is 2.02. The average Bonchev–Trinajstić information content (AvgIpc) is 3.79. The average molecular weight is 1090 g/mol. The third kappa shape index (κ3) is 19.9. The molecule has 2 N–H and O–H groups in total. The summed E-state index contributed by atoms with van der Waals surface area (Å²) in [5.74, 6) is 0.768. The van der Waals surface area contributed by atoms with Crippen LogP contribution in [0.5, 0.6) is 6.01 Å². The molecule has 0 aliphatic carbocycles. The predicted octanol–water partition coefficient (Wildman–Crippen LogP) is 9.01. The SMILES string of the molecule is CC(C)C[C@@H](Nc1nc(OCCN(C)c2ccc(-c3nc4ccccc4s3)cc2)nc(N2CCCCC2)n1)C(=O)NCCCN1CCN(C(=O)OC(C)(C)C)CCN(C(=O)OC(C)(C)C)CCN(C(=O)OC(C)(C)C)CC1. The summed E-state index contributed by atoms with van der Waals surface area (Å²) in [4.78, 5) is 85.2. The van der Waals surface area contributed by atoms with Gasteiger partial charge >= 0.3 is 24.3 Å². The molecule has 4 aromatic rings. The fourth-order valence-electron chi connectivity index (χ4n) is 8.67. The number of para-hydroxylation sites is 1. The van der Waals surface area contributed by atoms with Crippen LogP contribution in [-0.2, 0) is 19.0 Å². The zero-order valence-electron chi connectivity index (χ0n) is 47.9. The highest BCUT2D eigenvalue weighted by atomic mass is 32.1. The van der Waals surface area contributed by atoms with Crippen LogP contribution in [-0.4, -0.2) is 185 Å². The maximum Gasteiger partial charge on any atom is 0.410 e. The molecule has 424 valence electrons. The second kappa shape index (κ2) is 27.4. The van der Waals surface area contributed by atoms with E-state index in [-0.39, 0.29) is 50.0 Å². The molecule has 4 amide bonds. The van der Waals surface area contributed by atoms with Gasteiger partial charge in [0.1, 0.15) is 34.5 Å². The largest absolute Gasteiger partial charge is 0.461 e. The van der Waals surface area contributed by atoms with Gasteiger partial charge in [-0.1, -0.05) is 26.0 Å². The minimum atomic E-state index is -0.749. The van der Waals surface area contributed by atoms with Crippen LogP contribution in [0.25, 0.3) is 20.8 Å². The molecule has 0 radical (unpaired) electrons. The van der Waals surface area contributed by atoms with Crippen molar-refractivity contribution in [2.24, 2.45) is 5.92 Å². The molecule has 77 heavy (non-hydrogen) atoms. The number of benzene rings is 2. The molecule has 2 fully saturated rings. The van der Waals surface area contributed by atoms with Gasteiger partial charge in [0.25, 0.3) is 0 Å². The van der Waals surface area contributed by atoms with Gasteiger partial charge in [0, 0.05) is 90.3 Å². The molecule has 0 bridgehead atoms. The molecular weight excluding hydrogens is 1000 g/mol. The second-order valence-electron chi connectivity index (χ2n) is 23.3. The number of likely N-dealkylation sites (N-methyl/N-ethyl adjacent to an activating group) is 1. The molecule has 0 saturated carbocycles. The van der Waals surface area contributed by atoms with Gasteiger partial charge in [0.15, 0.2) is 0 Å². The maximum atomic E-state index is 14.1. The highest BCUT2D eigenvalue weighted by Gasteiger charge is 2.30. The number of carbonyl (C=O) groups is 4. The number of anilines is 3.